The van der Waals surface area contributed by atoms with Crippen LogP contribution in [0, 0.1) is 6.92 Å². The molecule has 8 heteroatoms. The molecule has 1 atom stereocenters. The van der Waals surface area contributed by atoms with E-state index in [1.807, 2.05) is 55.1 Å². The maximum absolute atomic E-state index is 13.3. The lowest BCUT2D eigenvalue weighted by molar-refractivity contribution is 0.0367. The van der Waals surface area contributed by atoms with Gasteiger partial charge in [0, 0.05) is 36.9 Å². The molecule has 0 unspecified atom stereocenters. The first-order chi connectivity index (χ1) is 15.6. The van der Waals surface area contributed by atoms with E-state index in [0.29, 0.717) is 36.9 Å². The highest BCUT2D eigenvalue weighted by Crippen LogP contribution is 2.29. The lowest BCUT2D eigenvalue weighted by Gasteiger charge is -2.22. The van der Waals surface area contributed by atoms with Crippen LogP contribution in [0.25, 0.3) is 0 Å². The zero-order valence-electron chi connectivity index (χ0n) is 18.7. The van der Waals surface area contributed by atoms with Gasteiger partial charge in [-0.05, 0) is 56.1 Å². The van der Waals surface area contributed by atoms with Gasteiger partial charge in [-0.25, -0.2) is 9.97 Å². The Bertz CT molecular complexity index is 1060. The molecule has 0 bridgehead atoms. The van der Waals surface area contributed by atoms with E-state index in [9.17, 15) is 4.79 Å². The van der Waals surface area contributed by atoms with Crippen LogP contribution in [0.15, 0.2) is 48.0 Å². The Morgan fingerprint density at radius 3 is 2.91 bits per heavy atom. The lowest BCUT2D eigenvalue weighted by atomic mass is 10.1. The number of anilines is 2. The number of carbonyl (C=O) groups is 1. The van der Waals surface area contributed by atoms with Gasteiger partial charge >= 0.3 is 0 Å². The van der Waals surface area contributed by atoms with Crippen LogP contribution in [-0.2, 0) is 11.3 Å². The monoisotopic (exact) mass is 451 g/mol. The molecule has 2 aromatic heterocycles. The Labute approximate surface area is 193 Å². The van der Waals surface area contributed by atoms with Crippen molar-refractivity contribution in [1.82, 2.24) is 15.3 Å². The van der Waals surface area contributed by atoms with Crippen molar-refractivity contribution < 1.29 is 9.53 Å². The summed E-state index contributed by atoms with van der Waals surface area (Å²) >= 11 is 1.72. The molecule has 0 fully saturated rings. The van der Waals surface area contributed by atoms with Crippen molar-refractivity contribution in [3.63, 3.8) is 0 Å². The molecular weight excluding hydrogens is 422 g/mol. The van der Waals surface area contributed by atoms with Crippen molar-refractivity contribution in [1.29, 1.82) is 0 Å². The molecule has 1 aliphatic heterocycles. The number of fused-ring (bicyclic) bond motifs is 1. The summed E-state index contributed by atoms with van der Waals surface area (Å²) in [5.74, 6) is 1.27. The van der Waals surface area contributed by atoms with E-state index in [1.54, 1.807) is 17.5 Å². The van der Waals surface area contributed by atoms with E-state index < -0.39 is 0 Å². The summed E-state index contributed by atoms with van der Waals surface area (Å²) in [5, 5.41) is 5.28. The maximum atomic E-state index is 13.3. The molecule has 0 saturated heterocycles. The van der Waals surface area contributed by atoms with Crippen molar-refractivity contribution in [2.75, 3.05) is 43.5 Å². The predicted octanol–water partition coefficient (Wildman–Crippen LogP) is 3.81. The van der Waals surface area contributed by atoms with Gasteiger partial charge in [0.1, 0.15) is 17.2 Å². The topological polar surface area (TPSA) is 70.6 Å². The zero-order valence-corrected chi connectivity index (χ0v) is 19.6. The molecule has 3 aromatic rings. The van der Waals surface area contributed by atoms with Crippen molar-refractivity contribution in [3.8, 4) is 0 Å². The first-order valence-electron chi connectivity index (χ1n) is 10.8. The Morgan fingerprint density at radius 1 is 1.25 bits per heavy atom. The van der Waals surface area contributed by atoms with Crippen LogP contribution < -0.4 is 15.1 Å². The van der Waals surface area contributed by atoms with Crippen LogP contribution in [0.5, 0.6) is 0 Å². The van der Waals surface area contributed by atoms with Gasteiger partial charge in [-0.15, -0.1) is 11.3 Å². The highest BCUT2D eigenvalue weighted by Gasteiger charge is 2.27. The number of rotatable bonds is 8. The molecule has 0 spiro atoms. The average Bonchev–Trinajstić information content (AvgIpc) is 3.30. The highest BCUT2D eigenvalue weighted by molar-refractivity contribution is 7.10. The summed E-state index contributed by atoms with van der Waals surface area (Å²) in [5.41, 5.74) is 2.43. The maximum Gasteiger partial charge on any atom is 0.263 e. The minimum absolute atomic E-state index is 0.0480. The number of ether oxygens (including phenoxy) is 1. The summed E-state index contributed by atoms with van der Waals surface area (Å²) in [4.78, 5) is 27.1. The molecule has 32 heavy (non-hydrogen) atoms. The van der Waals surface area contributed by atoms with Crippen molar-refractivity contribution in [2.24, 2.45) is 0 Å². The van der Waals surface area contributed by atoms with E-state index in [2.05, 4.69) is 32.8 Å². The second kappa shape index (κ2) is 10.2. The van der Waals surface area contributed by atoms with Gasteiger partial charge in [0.05, 0.1) is 12.7 Å². The summed E-state index contributed by atoms with van der Waals surface area (Å²) in [6, 6.07) is 12.2. The Morgan fingerprint density at radius 2 is 2.12 bits per heavy atom. The molecular formula is C24H29N5O2S. The smallest absolute Gasteiger partial charge is 0.263 e. The quantitative estimate of drug-likeness (QED) is 0.562. The van der Waals surface area contributed by atoms with Gasteiger partial charge < -0.3 is 19.9 Å². The van der Waals surface area contributed by atoms with Crippen molar-refractivity contribution in [2.45, 2.75) is 26.1 Å². The van der Waals surface area contributed by atoms with E-state index in [1.165, 1.54) is 4.88 Å². The van der Waals surface area contributed by atoms with Crippen molar-refractivity contribution >= 4 is 28.7 Å². The summed E-state index contributed by atoms with van der Waals surface area (Å²) < 4.78 is 6.29. The fraction of sp³-hybridized carbons (Fsp3) is 0.375. The number of nitrogens with zero attached hydrogens (tertiary/aromatic N) is 4. The first-order valence-corrected chi connectivity index (χ1v) is 11.7. The molecule has 1 aromatic carbocycles. The number of likely N-dealkylation sites (N-methyl/N-ethyl adjacent to an activating group) is 1. The van der Waals surface area contributed by atoms with Gasteiger partial charge in [-0.2, -0.15) is 0 Å². The number of carbonyl (C=O) groups excluding carboxylic acids is 1. The number of hydrogen-bond acceptors (Lipinski definition) is 7. The van der Waals surface area contributed by atoms with Crippen LogP contribution in [0.4, 0.5) is 11.5 Å². The fourth-order valence-corrected chi connectivity index (χ4v) is 4.63. The first kappa shape index (κ1) is 22.4. The summed E-state index contributed by atoms with van der Waals surface area (Å²) in [6.45, 7) is 4.49. The number of aromatic nitrogens is 2. The molecule has 7 nitrogen and oxygen atoms in total. The lowest BCUT2D eigenvalue weighted by Crippen LogP contribution is -2.33. The minimum atomic E-state index is -0.0760. The second-order valence-corrected chi connectivity index (χ2v) is 8.89. The molecule has 1 N–H and O–H groups in total. The molecule has 168 valence electrons. The second-order valence-electron chi connectivity index (χ2n) is 7.91. The van der Waals surface area contributed by atoms with Crippen LogP contribution in [-0.4, -0.2) is 49.6 Å². The number of amides is 1. The third-order valence-electron chi connectivity index (χ3n) is 5.58. The fourth-order valence-electron chi connectivity index (χ4n) is 3.82. The Kier molecular flexibility index (Phi) is 7.14. The summed E-state index contributed by atoms with van der Waals surface area (Å²) in [6.07, 6.45) is 2.59. The Balaban J connectivity index is 1.52. The normalized spacial score (nSPS) is 14.9. The van der Waals surface area contributed by atoms with Crippen LogP contribution in [0.2, 0.25) is 0 Å². The molecule has 1 aliphatic rings. The molecule has 0 aliphatic carbocycles. The number of aryl methyl sites for hydroxylation is 1. The van der Waals surface area contributed by atoms with Gasteiger partial charge in [-0.1, -0.05) is 18.2 Å². The van der Waals surface area contributed by atoms with Crippen LogP contribution in [0.3, 0.4) is 0 Å². The molecule has 1 amide bonds. The number of hydrogen-bond donors (Lipinski definition) is 1. The van der Waals surface area contributed by atoms with Crippen LogP contribution in [0.1, 0.15) is 39.1 Å². The number of nitrogens with one attached hydrogen (secondary N) is 1. The molecule has 0 radical (unpaired) electrons. The highest BCUT2D eigenvalue weighted by atomic mass is 32.1. The van der Waals surface area contributed by atoms with Crippen molar-refractivity contribution in [3.05, 3.63) is 69.8 Å². The third kappa shape index (κ3) is 4.98. The standard InChI is InChI=1S/C24H29N5O2S/c1-17-26-15-20-23(27-17)28(3)11-12-29(24(20)30)19-7-4-6-18(14-19)16-31-21(9-10-25-2)22-8-5-13-32-22/h4-8,13-15,21,25H,9-12,16H2,1-3H3/t21-/m0/s1. The number of benzene rings is 1. The van der Waals surface area contributed by atoms with Crippen LogP contribution >= 0.6 is 11.3 Å². The Hall–Kier alpha value is -2.81. The largest absolute Gasteiger partial charge is 0.368 e. The zero-order chi connectivity index (χ0) is 22.5. The van der Waals surface area contributed by atoms with Gasteiger partial charge in [0.25, 0.3) is 5.91 Å². The minimum Gasteiger partial charge on any atom is -0.368 e. The third-order valence-corrected chi connectivity index (χ3v) is 6.54. The van der Waals surface area contributed by atoms with Gasteiger partial charge in [0.15, 0.2) is 0 Å². The van der Waals surface area contributed by atoms with E-state index in [0.717, 1.165) is 24.2 Å². The number of thiophene rings is 1. The summed E-state index contributed by atoms with van der Waals surface area (Å²) in [7, 11) is 3.91. The average molecular weight is 452 g/mol. The van der Waals surface area contributed by atoms with E-state index in [4.69, 9.17) is 4.74 Å². The van der Waals surface area contributed by atoms with E-state index in [-0.39, 0.29) is 12.0 Å². The SMILES string of the molecule is CNCC[C@H](OCc1cccc(N2CCN(C)c3nc(C)ncc3C2=O)c1)c1cccs1. The molecule has 0 saturated carbocycles. The molecule has 3 heterocycles. The predicted molar refractivity (Wildman–Crippen MR) is 129 cm³/mol. The van der Waals surface area contributed by atoms with Gasteiger partial charge in [0.2, 0.25) is 0 Å². The molecule has 4 rings (SSSR count). The van der Waals surface area contributed by atoms with E-state index >= 15 is 0 Å². The van der Waals surface area contributed by atoms with Gasteiger partial charge in [-0.3, -0.25) is 4.79 Å².